The number of rotatable bonds is 9. The zero-order valence-corrected chi connectivity index (χ0v) is 26.4. The molecule has 0 radical (unpaired) electrons. The molecule has 1 saturated heterocycles. The summed E-state index contributed by atoms with van der Waals surface area (Å²) in [6, 6.07) is 10.5. The predicted molar refractivity (Wildman–Crippen MR) is 167 cm³/mol. The number of ether oxygens (including phenoxy) is 4. The molecule has 0 saturated carbocycles. The van der Waals surface area contributed by atoms with Gasteiger partial charge in [0.15, 0.2) is 5.13 Å². The first kappa shape index (κ1) is 30.3. The summed E-state index contributed by atoms with van der Waals surface area (Å²) >= 11 is 1.61. The third kappa shape index (κ3) is 7.07. The molecule has 3 aromatic rings. The van der Waals surface area contributed by atoms with E-state index in [2.05, 4.69) is 46.8 Å². The standard InChI is InChI=1S/C33H43N3O5S/c1-7-39-30-18-36(13-11-24(30)31(37)41-33(3,4)5)32-35-27(20-42-32)25-14-21(2)8-9-28(25)40-19-22-15-23-10-12-34-17-26(23)29(16-22)38-6/h8-9,14-16,20,24,30,34H,7,10-13,17-19H2,1-6H3/t24-,30+/m0/s1. The van der Waals surface area contributed by atoms with Crippen LogP contribution < -0.4 is 19.7 Å². The van der Waals surface area contributed by atoms with Crippen LogP contribution in [0.5, 0.6) is 11.5 Å². The molecule has 2 aliphatic heterocycles. The van der Waals surface area contributed by atoms with Gasteiger partial charge < -0.3 is 29.2 Å². The summed E-state index contributed by atoms with van der Waals surface area (Å²) in [4.78, 5) is 20.2. The van der Waals surface area contributed by atoms with Crippen molar-refractivity contribution in [1.29, 1.82) is 0 Å². The van der Waals surface area contributed by atoms with Gasteiger partial charge in [0.2, 0.25) is 0 Å². The smallest absolute Gasteiger partial charge is 0.312 e. The Labute approximate surface area is 253 Å². The number of anilines is 1. The van der Waals surface area contributed by atoms with Gasteiger partial charge >= 0.3 is 5.97 Å². The van der Waals surface area contributed by atoms with E-state index in [-0.39, 0.29) is 18.0 Å². The summed E-state index contributed by atoms with van der Waals surface area (Å²) in [6.07, 6.45) is 1.40. The highest BCUT2D eigenvalue weighted by Gasteiger charge is 2.38. The molecule has 0 bridgehead atoms. The fraction of sp³-hybridized carbons (Fsp3) is 0.515. The number of methoxy groups -OCH3 is 1. The zero-order chi connectivity index (χ0) is 29.9. The van der Waals surface area contributed by atoms with Crippen molar-refractivity contribution in [3.63, 3.8) is 0 Å². The lowest BCUT2D eigenvalue weighted by molar-refractivity contribution is -0.166. The second-order valence-electron chi connectivity index (χ2n) is 12.0. The molecule has 1 N–H and O–H groups in total. The van der Waals surface area contributed by atoms with Crippen LogP contribution in [0.15, 0.2) is 35.7 Å². The van der Waals surface area contributed by atoms with E-state index in [4.69, 9.17) is 23.9 Å². The van der Waals surface area contributed by atoms with Crippen LogP contribution in [-0.4, -0.2) is 56.0 Å². The molecule has 0 spiro atoms. The number of fused-ring (bicyclic) bond motifs is 1. The fourth-order valence-corrected chi connectivity index (χ4v) is 6.54. The van der Waals surface area contributed by atoms with E-state index < -0.39 is 5.60 Å². The van der Waals surface area contributed by atoms with Crippen LogP contribution in [0.1, 0.15) is 56.4 Å². The molecule has 3 heterocycles. The van der Waals surface area contributed by atoms with E-state index in [0.717, 1.165) is 58.5 Å². The van der Waals surface area contributed by atoms with Crippen LogP contribution in [0.2, 0.25) is 0 Å². The molecule has 2 atom stereocenters. The Bertz CT molecular complexity index is 1380. The average Bonchev–Trinajstić information content (AvgIpc) is 3.45. The quantitative estimate of drug-likeness (QED) is 0.306. The van der Waals surface area contributed by atoms with Crippen molar-refractivity contribution >= 4 is 22.4 Å². The first-order chi connectivity index (χ1) is 20.1. The summed E-state index contributed by atoms with van der Waals surface area (Å²) < 4.78 is 23.8. The lowest BCUT2D eigenvalue weighted by Gasteiger charge is -2.38. The van der Waals surface area contributed by atoms with Crippen LogP contribution in [0, 0.1) is 12.8 Å². The second kappa shape index (κ2) is 13.0. The van der Waals surface area contributed by atoms with E-state index in [0.29, 0.717) is 32.7 Å². The molecule has 2 aliphatic rings. The molecule has 0 unspecified atom stereocenters. The topological polar surface area (TPSA) is 82.2 Å². The number of esters is 1. The Morgan fingerprint density at radius 1 is 1.19 bits per heavy atom. The van der Waals surface area contributed by atoms with Gasteiger partial charge in [-0.25, -0.2) is 4.98 Å². The number of piperidine rings is 1. The molecular weight excluding hydrogens is 550 g/mol. The molecule has 9 heteroatoms. The van der Waals surface area contributed by atoms with Gasteiger partial charge in [0.05, 0.1) is 24.8 Å². The number of carbonyl (C=O) groups is 1. The van der Waals surface area contributed by atoms with E-state index in [9.17, 15) is 4.79 Å². The molecular formula is C33H43N3O5S. The lowest BCUT2D eigenvalue weighted by Crippen LogP contribution is -2.49. The number of aryl methyl sites for hydroxylation is 1. The number of nitrogens with one attached hydrogen (secondary N) is 1. The summed E-state index contributed by atoms with van der Waals surface area (Å²) in [5, 5.41) is 6.42. The van der Waals surface area contributed by atoms with Crippen molar-refractivity contribution in [2.24, 2.45) is 5.92 Å². The van der Waals surface area contributed by atoms with Crippen LogP contribution in [0.25, 0.3) is 11.3 Å². The minimum Gasteiger partial charge on any atom is -0.496 e. The van der Waals surface area contributed by atoms with Gasteiger partial charge in [-0.1, -0.05) is 17.7 Å². The fourth-order valence-electron chi connectivity index (χ4n) is 5.68. The molecule has 1 aromatic heterocycles. The Hall–Kier alpha value is -3.14. The van der Waals surface area contributed by atoms with Crippen LogP contribution >= 0.6 is 11.3 Å². The van der Waals surface area contributed by atoms with Gasteiger partial charge in [0, 0.05) is 42.7 Å². The van der Waals surface area contributed by atoms with Crippen LogP contribution in [-0.2, 0) is 33.8 Å². The zero-order valence-electron chi connectivity index (χ0n) is 25.6. The van der Waals surface area contributed by atoms with Crippen molar-refractivity contribution in [2.75, 3.05) is 38.3 Å². The first-order valence-corrected chi connectivity index (χ1v) is 15.7. The maximum atomic E-state index is 12.9. The minimum atomic E-state index is -0.522. The van der Waals surface area contributed by atoms with Gasteiger partial charge in [0.25, 0.3) is 0 Å². The van der Waals surface area contributed by atoms with E-state index in [1.165, 1.54) is 11.1 Å². The van der Waals surface area contributed by atoms with Crippen LogP contribution in [0.4, 0.5) is 5.13 Å². The Kier molecular flexibility index (Phi) is 9.40. The van der Waals surface area contributed by atoms with Gasteiger partial charge in [-0.05, 0) is 83.3 Å². The number of carbonyl (C=O) groups excluding carboxylic acids is 1. The van der Waals surface area contributed by atoms with Gasteiger partial charge in [-0.2, -0.15) is 0 Å². The molecule has 0 amide bonds. The van der Waals surface area contributed by atoms with Crippen molar-refractivity contribution in [1.82, 2.24) is 10.3 Å². The molecule has 0 aliphatic carbocycles. The SMILES string of the molecule is CCO[C@@H]1CN(c2nc(-c3cc(C)ccc3OCc3cc4c(c(OC)c3)CNCC4)cs2)CC[C@@H]1C(=O)OC(C)(C)C. The van der Waals surface area contributed by atoms with Gasteiger partial charge in [-0.15, -0.1) is 11.3 Å². The number of hydrogen-bond donors (Lipinski definition) is 1. The number of hydrogen-bond acceptors (Lipinski definition) is 9. The highest BCUT2D eigenvalue weighted by Crippen LogP contribution is 2.37. The summed E-state index contributed by atoms with van der Waals surface area (Å²) in [7, 11) is 1.73. The highest BCUT2D eigenvalue weighted by atomic mass is 32.1. The number of aromatic nitrogens is 1. The minimum absolute atomic E-state index is 0.185. The molecule has 226 valence electrons. The van der Waals surface area contributed by atoms with Crippen molar-refractivity contribution < 1.29 is 23.7 Å². The van der Waals surface area contributed by atoms with E-state index in [1.54, 1.807) is 18.4 Å². The largest absolute Gasteiger partial charge is 0.496 e. The molecule has 8 nitrogen and oxygen atoms in total. The lowest BCUT2D eigenvalue weighted by atomic mass is 9.93. The highest BCUT2D eigenvalue weighted by molar-refractivity contribution is 7.14. The molecule has 5 rings (SSSR count). The summed E-state index contributed by atoms with van der Waals surface area (Å²) in [5.74, 6) is 1.24. The van der Waals surface area contributed by atoms with Crippen molar-refractivity contribution in [3.05, 3.63) is 58.0 Å². The van der Waals surface area contributed by atoms with Gasteiger partial charge in [-0.3, -0.25) is 4.79 Å². The van der Waals surface area contributed by atoms with Crippen molar-refractivity contribution in [2.45, 2.75) is 72.3 Å². The maximum Gasteiger partial charge on any atom is 0.312 e. The number of thiazole rings is 1. The van der Waals surface area contributed by atoms with Gasteiger partial charge in [0.1, 0.15) is 23.7 Å². The van der Waals surface area contributed by atoms with E-state index >= 15 is 0 Å². The normalized spacial score (nSPS) is 18.9. The third-order valence-electron chi connectivity index (χ3n) is 7.67. The Morgan fingerprint density at radius 2 is 2.02 bits per heavy atom. The third-order valence-corrected chi connectivity index (χ3v) is 8.57. The number of benzene rings is 2. The Balaban J connectivity index is 1.32. The molecule has 2 aromatic carbocycles. The summed E-state index contributed by atoms with van der Waals surface area (Å²) in [6.45, 7) is 13.8. The van der Waals surface area contributed by atoms with Crippen molar-refractivity contribution in [3.8, 4) is 22.8 Å². The first-order valence-electron chi connectivity index (χ1n) is 14.8. The maximum absolute atomic E-state index is 12.9. The van der Waals surface area contributed by atoms with Crippen LogP contribution in [0.3, 0.4) is 0 Å². The number of nitrogens with zero attached hydrogens (tertiary/aromatic N) is 2. The molecule has 1 fully saturated rings. The Morgan fingerprint density at radius 3 is 2.79 bits per heavy atom. The second-order valence-corrected chi connectivity index (χ2v) is 12.9. The monoisotopic (exact) mass is 593 g/mol. The predicted octanol–water partition coefficient (Wildman–Crippen LogP) is 5.92. The summed E-state index contributed by atoms with van der Waals surface area (Å²) in [5.41, 5.74) is 6.12. The molecule has 42 heavy (non-hydrogen) atoms. The average molecular weight is 594 g/mol. The van der Waals surface area contributed by atoms with E-state index in [1.807, 2.05) is 33.8 Å².